The largest absolute Gasteiger partial charge is 0.497 e. The topological polar surface area (TPSA) is 59.1 Å². The Morgan fingerprint density at radius 1 is 0.839 bits per heavy atom. The zero-order chi connectivity index (χ0) is 21.5. The van der Waals surface area contributed by atoms with Gasteiger partial charge in [0.15, 0.2) is 6.10 Å². The molecule has 3 aromatic rings. The molecule has 2 heterocycles. The van der Waals surface area contributed by atoms with Gasteiger partial charge >= 0.3 is 0 Å². The standard InChI is InChI=1S/C25H22N2O4/c1-16-8-6-12-19(14-16)26-24(28)21-22(17-9-7-13-20(15-17)30-2)27(31-23(21)25(26)29)18-10-4-3-5-11-18/h3-15,21-23H,1-2H3. The maximum absolute atomic E-state index is 13.6. The fraction of sp³-hybridized carbons (Fsp3) is 0.200. The van der Waals surface area contributed by atoms with Crippen molar-refractivity contribution in [2.75, 3.05) is 17.1 Å². The normalized spacial score (nSPS) is 22.7. The van der Waals surface area contributed by atoms with Gasteiger partial charge in [0, 0.05) is 0 Å². The highest BCUT2D eigenvalue weighted by molar-refractivity contribution is 6.23. The van der Waals surface area contributed by atoms with E-state index in [0.717, 1.165) is 16.8 Å². The maximum Gasteiger partial charge on any atom is 0.266 e. The summed E-state index contributed by atoms with van der Waals surface area (Å²) in [4.78, 5) is 34.3. The molecule has 2 saturated heterocycles. The second-order valence-electron chi connectivity index (χ2n) is 7.79. The molecule has 0 aliphatic carbocycles. The van der Waals surface area contributed by atoms with E-state index >= 15 is 0 Å². The van der Waals surface area contributed by atoms with Gasteiger partial charge in [0.1, 0.15) is 11.7 Å². The maximum atomic E-state index is 13.6. The second kappa shape index (κ2) is 7.56. The number of amides is 2. The van der Waals surface area contributed by atoms with Gasteiger partial charge in [-0.05, 0) is 54.4 Å². The molecule has 0 radical (unpaired) electrons. The van der Waals surface area contributed by atoms with Crippen molar-refractivity contribution in [1.29, 1.82) is 0 Å². The van der Waals surface area contributed by atoms with E-state index in [4.69, 9.17) is 9.57 Å². The van der Waals surface area contributed by atoms with Crippen molar-refractivity contribution >= 4 is 23.2 Å². The Kier molecular flexibility index (Phi) is 4.71. The summed E-state index contributed by atoms with van der Waals surface area (Å²) < 4.78 is 5.40. The van der Waals surface area contributed by atoms with Crippen molar-refractivity contribution in [3.05, 3.63) is 90.0 Å². The molecule has 0 saturated carbocycles. The van der Waals surface area contributed by atoms with Crippen LogP contribution in [-0.2, 0) is 14.4 Å². The van der Waals surface area contributed by atoms with Crippen LogP contribution in [0, 0.1) is 12.8 Å². The van der Waals surface area contributed by atoms with E-state index in [1.165, 1.54) is 4.90 Å². The molecule has 3 aromatic carbocycles. The minimum Gasteiger partial charge on any atom is -0.497 e. The number of anilines is 2. The Morgan fingerprint density at radius 2 is 1.58 bits per heavy atom. The summed E-state index contributed by atoms with van der Waals surface area (Å²) >= 11 is 0. The quantitative estimate of drug-likeness (QED) is 0.603. The predicted octanol–water partition coefficient (Wildman–Crippen LogP) is 4.05. The molecule has 3 unspecified atom stereocenters. The summed E-state index contributed by atoms with van der Waals surface area (Å²) in [5, 5.41) is 1.69. The zero-order valence-electron chi connectivity index (χ0n) is 17.3. The van der Waals surface area contributed by atoms with Gasteiger partial charge in [-0.3, -0.25) is 14.4 Å². The van der Waals surface area contributed by atoms with Gasteiger partial charge in [-0.15, -0.1) is 0 Å². The molecule has 0 N–H and O–H groups in total. The van der Waals surface area contributed by atoms with Gasteiger partial charge in [0.05, 0.1) is 24.5 Å². The number of aryl methyl sites for hydroxylation is 1. The number of rotatable bonds is 4. The van der Waals surface area contributed by atoms with Crippen LogP contribution in [0.1, 0.15) is 17.2 Å². The summed E-state index contributed by atoms with van der Waals surface area (Å²) in [6, 6.07) is 24.0. The van der Waals surface area contributed by atoms with Crippen molar-refractivity contribution in [1.82, 2.24) is 0 Å². The fourth-order valence-corrected chi connectivity index (χ4v) is 4.40. The van der Waals surface area contributed by atoms with Crippen molar-refractivity contribution in [3.63, 3.8) is 0 Å². The third kappa shape index (κ3) is 3.16. The molecule has 0 aromatic heterocycles. The Bertz CT molecular complexity index is 1150. The monoisotopic (exact) mass is 414 g/mol. The zero-order valence-corrected chi connectivity index (χ0v) is 17.3. The number of fused-ring (bicyclic) bond motifs is 1. The molecular formula is C25H22N2O4. The molecule has 5 rings (SSSR count). The minimum atomic E-state index is -0.885. The number of hydrogen-bond donors (Lipinski definition) is 0. The van der Waals surface area contributed by atoms with E-state index in [-0.39, 0.29) is 11.8 Å². The van der Waals surface area contributed by atoms with Crippen LogP contribution in [0.3, 0.4) is 0 Å². The minimum absolute atomic E-state index is 0.258. The van der Waals surface area contributed by atoms with Crippen LogP contribution >= 0.6 is 0 Å². The SMILES string of the molecule is COc1cccc(C2C3C(=O)N(c4cccc(C)c4)C(=O)C3ON2c2ccccc2)c1. The fourth-order valence-electron chi connectivity index (χ4n) is 4.40. The first-order chi connectivity index (χ1) is 15.1. The molecule has 3 atom stereocenters. The van der Waals surface area contributed by atoms with Crippen LogP contribution in [0.15, 0.2) is 78.9 Å². The number of para-hydroxylation sites is 1. The van der Waals surface area contributed by atoms with E-state index in [2.05, 4.69) is 0 Å². The first kappa shape index (κ1) is 19.3. The average Bonchev–Trinajstić information content (AvgIpc) is 3.30. The first-order valence-corrected chi connectivity index (χ1v) is 10.2. The molecule has 0 spiro atoms. The number of hydrogen-bond acceptors (Lipinski definition) is 5. The Balaban J connectivity index is 1.60. The lowest BCUT2D eigenvalue weighted by atomic mass is 9.90. The van der Waals surface area contributed by atoms with Crippen molar-refractivity contribution in [2.24, 2.45) is 5.92 Å². The number of imide groups is 1. The van der Waals surface area contributed by atoms with Crippen molar-refractivity contribution in [2.45, 2.75) is 19.1 Å². The molecule has 6 nitrogen and oxygen atoms in total. The summed E-state index contributed by atoms with van der Waals surface area (Å²) in [7, 11) is 1.60. The Hall–Kier alpha value is -3.64. The molecule has 2 aliphatic heterocycles. The van der Waals surface area contributed by atoms with Crippen LogP contribution in [-0.4, -0.2) is 25.0 Å². The number of methoxy groups -OCH3 is 1. The van der Waals surface area contributed by atoms with Crippen LogP contribution in [0.25, 0.3) is 0 Å². The van der Waals surface area contributed by atoms with Crippen LogP contribution in [0.2, 0.25) is 0 Å². The van der Waals surface area contributed by atoms with Crippen molar-refractivity contribution in [3.8, 4) is 5.75 Å². The molecular weight excluding hydrogens is 392 g/mol. The van der Waals surface area contributed by atoms with Crippen LogP contribution in [0.5, 0.6) is 5.75 Å². The molecule has 0 bridgehead atoms. The lowest BCUT2D eigenvalue weighted by Gasteiger charge is -2.29. The Morgan fingerprint density at radius 3 is 2.32 bits per heavy atom. The van der Waals surface area contributed by atoms with Gasteiger partial charge in [0.2, 0.25) is 5.91 Å². The number of carbonyl (C=O) groups excluding carboxylic acids is 2. The number of hydroxylamine groups is 1. The number of benzene rings is 3. The number of nitrogens with zero attached hydrogens (tertiary/aromatic N) is 2. The lowest BCUT2D eigenvalue weighted by molar-refractivity contribution is -0.126. The predicted molar refractivity (Wildman–Crippen MR) is 117 cm³/mol. The average molecular weight is 414 g/mol. The number of carbonyl (C=O) groups is 2. The second-order valence-corrected chi connectivity index (χ2v) is 7.79. The first-order valence-electron chi connectivity index (χ1n) is 10.2. The van der Waals surface area contributed by atoms with Crippen LogP contribution < -0.4 is 14.7 Å². The van der Waals surface area contributed by atoms with Crippen molar-refractivity contribution < 1.29 is 19.2 Å². The highest BCUT2D eigenvalue weighted by Crippen LogP contribution is 2.47. The van der Waals surface area contributed by atoms with Gasteiger partial charge in [-0.2, -0.15) is 0 Å². The summed E-state index contributed by atoms with van der Waals surface area (Å²) in [5.41, 5.74) is 3.19. The molecule has 2 aliphatic rings. The third-order valence-electron chi connectivity index (χ3n) is 5.82. The lowest BCUT2D eigenvalue weighted by Crippen LogP contribution is -2.37. The van der Waals surface area contributed by atoms with E-state index < -0.39 is 18.1 Å². The summed E-state index contributed by atoms with van der Waals surface area (Å²) in [5.74, 6) is -0.583. The van der Waals surface area contributed by atoms with E-state index in [0.29, 0.717) is 11.4 Å². The van der Waals surface area contributed by atoms with E-state index in [1.54, 1.807) is 18.2 Å². The highest BCUT2D eigenvalue weighted by atomic mass is 16.7. The molecule has 6 heteroatoms. The molecule has 31 heavy (non-hydrogen) atoms. The smallest absolute Gasteiger partial charge is 0.266 e. The molecule has 2 amide bonds. The third-order valence-corrected chi connectivity index (χ3v) is 5.82. The van der Waals surface area contributed by atoms with E-state index in [9.17, 15) is 9.59 Å². The van der Waals surface area contributed by atoms with Crippen LogP contribution in [0.4, 0.5) is 11.4 Å². The van der Waals surface area contributed by atoms with Gasteiger partial charge in [-0.1, -0.05) is 42.5 Å². The molecule has 156 valence electrons. The summed E-state index contributed by atoms with van der Waals surface area (Å²) in [6.45, 7) is 1.93. The van der Waals surface area contributed by atoms with Gasteiger partial charge in [-0.25, -0.2) is 9.96 Å². The Labute approximate surface area is 180 Å². The van der Waals surface area contributed by atoms with Gasteiger partial charge < -0.3 is 4.74 Å². The van der Waals surface area contributed by atoms with Gasteiger partial charge in [0.25, 0.3) is 5.91 Å². The number of ether oxygens (including phenoxy) is 1. The van der Waals surface area contributed by atoms with E-state index in [1.807, 2.05) is 79.7 Å². The molecule has 2 fully saturated rings. The highest BCUT2D eigenvalue weighted by Gasteiger charge is 2.60. The summed E-state index contributed by atoms with van der Waals surface area (Å²) in [6.07, 6.45) is -0.885.